The molecule has 1 amide bonds. The second-order valence-electron chi connectivity index (χ2n) is 6.67. The van der Waals surface area contributed by atoms with Crippen LogP contribution in [0.1, 0.15) is 30.1 Å². The van der Waals surface area contributed by atoms with E-state index in [4.69, 9.17) is 23.2 Å². The molecular formula is C21H21Cl2N3O3. The molecule has 8 heteroatoms. The van der Waals surface area contributed by atoms with Crippen LogP contribution >= 0.6 is 23.2 Å². The van der Waals surface area contributed by atoms with E-state index in [2.05, 4.69) is 5.10 Å². The molecule has 0 saturated carbocycles. The molecule has 6 nitrogen and oxygen atoms in total. The maximum atomic E-state index is 12.8. The first-order valence-electron chi connectivity index (χ1n) is 9.15. The molecule has 3 aromatic rings. The largest absolute Gasteiger partial charge is 0.507 e. The topological polar surface area (TPSA) is 78.6 Å². The Bertz CT molecular complexity index is 1050. The van der Waals surface area contributed by atoms with Gasteiger partial charge in [-0.25, -0.2) is 4.68 Å². The van der Waals surface area contributed by atoms with E-state index < -0.39 is 0 Å². The molecule has 0 fully saturated rings. The zero-order valence-electron chi connectivity index (χ0n) is 16.1. The predicted octanol–water partition coefficient (Wildman–Crippen LogP) is 5.13. The fourth-order valence-corrected chi connectivity index (χ4v) is 3.39. The number of phenolic OH excluding ortho intramolecular Hbond substituents is 2. The van der Waals surface area contributed by atoms with Crippen molar-refractivity contribution in [2.24, 2.45) is 0 Å². The second kappa shape index (κ2) is 8.76. The van der Waals surface area contributed by atoms with Crippen molar-refractivity contribution in [1.82, 2.24) is 14.7 Å². The summed E-state index contributed by atoms with van der Waals surface area (Å²) >= 11 is 12.4. The van der Waals surface area contributed by atoms with E-state index >= 15 is 0 Å². The van der Waals surface area contributed by atoms with Gasteiger partial charge in [-0.15, -0.1) is 0 Å². The maximum absolute atomic E-state index is 12.8. The lowest BCUT2D eigenvalue weighted by atomic mass is 10.0. The maximum Gasteiger partial charge on any atom is 0.257 e. The molecule has 0 aliphatic heterocycles. The summed E-state index contributed by atoms with van der Waals surface area (Å²) in [6.07, 6.45) is 3.35. The Morgan fingerprint density at radius 3 is 2.66 bits per heavy atom. The number of hydrogen-bond acceptors (Lipinski definition) is 4. The van der Waals surface area contributed by atoms with Gasteiger partial charge in [-0.3, -0.25) is 4.79 Å². The summed E-state index contributed by atoms with van der Waals surface area (Å²) in [5, 5.41) is 25.7. The van der Waals surface area contributed by atoms with E-state index in [1.54, 1.807) is 42.4 Å². The number of unbranched alkanes of at least 4 members (excludes halogenated alkanes) is 1. The molecule has 2 aromatic carbocycles. The van der Waals surface area contributed by atoms with Crippen molar-refractivity contribution in [3.8, 4) is 28.4 Å². The van der Waals surface area contributed by atoms with Crippen LogP contribution in [0.4, 0.5) is 0 Å². The Kier molecular flexibility index (Phi) is 6.35. The zero-order valence-corrected chi connectivity index (χ0v) is 17.6. The molecule has 0 saturated heterocycles. The third kappa shape index (κ3) is 4.18. The van der Waals surface area contributed by atoms with Gasteiger partial charge in [0.2, 0.25) is 0 Å². The summed E-state index contributed by atoms with van der Waals surface area (Å²) in [7, 11) is 1.68. The number of phenols is 2. The van der Waals surface area contributed by atoms with Crippen LogP contribution in [0.15, 0.2) is 42.6 Å². The van der Waals surface area contributed by atoms with Crippen LogP contribution in [0.3, 0.4) is 0 Å². The first-order valence-corrected chi connectivity index (χ1v) is 9.91. The van der Waals surface area contributed by atoms with E-state index in [1.807, 2.05) is 6.92 Å². The Morgan fingerprint density at radius 1 is 1.17 bits per heavy atom. The smallest absolute Gasteiger partial charge is 0.257 e. The molecule has 1 aromatic heterocycles. The molecular weight excluding hydrogens is 413 g/mol. The minimum Gasteiger partial charge on any atom is -0.507 e. The highest BCUT2D eigenvalue weighted by Gasteiger charge is 2.21. The van der Waals surface area contributed by atoms with Crippen LogP contribution in [0.5, 0.6) is 11.5 Å². The van der Waals surface area contributed by atoms with Gasteiger partial charge in [0, 0.05) is 25.2 Å². The van der Waals surface area contributed by atoms with Crippen LogP contribution in [0, 0.1) is 0 Å². The highest BCUT2D eigenvalue weighted by molar-refractivity contribution is 6.43. The summed E-state index contributed by atoms with van der Waals surface area (Å²) in [4.78, 5) is 14.3. The summed E-state index contributed by atoms with van der Waals surface area (Å²) in [6.45, 7) is 2.61. The molecule has 0 unspecified atom stereocenters. The van der Waals surface area contributed by atoms with Crippen molar-refractivity contribution in [3.05, 3.63) is 58.2 Å². The first kappa shape index (κ1) is 21.0. The Balaban J connectivity index is 2.09. The van der Waals surface area contributed by atoms with Crippen molar-refractivity contribution in [2.75, 3.05) is 13.6 Å². The third-order valence-electron chi connectivity index (χ3n) is 4.62. The van der Waals surface area contributed by atoms with Gasteiger partial charge >= 0.3 is 0 Å². The summed E-state index contributed by atoms with van der Waals surface area (Å²) in [5.74, 6) is -0.800. The first-order chi connectivity index (χ1) is 13.8. The number of aromatic hydroxyl groups is 2. The van der Waals surface area contributed by atoms with Crippen molar-refractivity contribution in [3.63, 3.8) is 0 Å². The fraction of sp³-hybridized carbons (Fsp3) is 0.238. The number of carbonyl (C=O) groups excluding carboxylic acids is 1. The molecule has 0 aliphatic rings. The zero-order chi connectivity index (χ0) is 21.1. The summed E-state index contributed by atoms with van der Waals surface area (Å²) in [5.41, 5.74) is 1.46. The number of amides is 1. The average molecular weight is 434 g/mol. The monoisotopic (exact) mass is 433 g/mol. The average Bonchev–Trinajstić information content (AvgIpc) is 3.17. The number of aromatic nitrogens is 2. The second-order valence-corrected chi connectivity index (χ2v) is 7.45. The van der Waals surface area contributed by atoms with Crippen molar-refractivity contribution >= 4 is 29.1 Å². The van der Waals surface area contributed by atoms with Crippen LogP contribution in [-0.2, 0) is 0 Å². The van der Waals surface area contributed by atoms with Crippen molar-refractivity contribution in [2.45, 2.75) is 19.8 Å². The van der Waals surface area contributed by atoms with E-state index in [0.29, 0.717) is 33.5 Å². The van der Waals surface area contributed by atoms with Crippen LogP contribution in [-0.4, -0.2) is 44.4 Å². The van der Waals surface area contributed by atoms with Crippen molar-refractivity contribution in [1.29, 1.82) is 0 Å². The number of rotatable bonds is 6. The molecule has 0 radical (unpaired) electrons. The van der Waals surface area contributed by atoms with Crippen molar-refractivity contribution < 1.29 is 15.0 Å². The normalized spacial score (nSPS) is 10.9. The minimum absolute atomic E-state index is 0.0985. The SMILES string of the molecule is CCCCN(C)C(=O)c1cc(-c2ccnn2-c2cccc(Cl)c2Cl)c(O)cc1O. The lowest BCUT2D eigenvalue weighted by Crippen LogP contribution is -2.27. The quantitative estimate of drug-likeness (QED) is 0.564. The minimum atomic E-state index is -0.330. The van der Waals surface area contributed by atoms with Gasteiger partial charge in [0.25, 0.3) is 5.91 Å². The highest BCUT2D eigenvalue weighted by atomic mass is 35.5. The molecule has 0 atom stereocenters. The molecule has 0 spiro atoms. The fourth-order valence-electron chi connectivity index (χ4n) is 3.01. The third-order valence-corrected chi connectivity index (χ3v) is 5.43. The summed E-state index contributed by atoms with van der Waals surface area (Å²) < 4.78 is 1.52. The standard InChI is InChI=1S/C21H21Cl2N3O3/c1-3-4-10-25(2)21(29)14-11-13(18(27)12-19(14)28)16-8-9-24-26(16)17-7-5-6-15(22)20(17)23/h5-9,11-12,27-28H,3-4,10H2,1-2H3. The highest BCUT2D eigenvalue weighted by Crippen LogP contribution is 2.38. The molecule has 2 N–H and O–H groups in total. The van der Waals surface area contributed by atoms with Gasteiger partial charge in [0.15, 0.2) is 0 Å². The Labute approximate surface area is 178 Å². The van der Waals surface area contributed by atoms with E-state index in [9.17, 15) is 15.0 Å². The van der Waals surface area contributed by atoms with Crippen LogP contribution < -0.4 is 0 Å². The molecule has 1 heterocycles. The predicted molar refractivity (Wildman–Crippen MR) is 114 cm³/mol. The van der Waals surface area contributed by atoms with Crippen LogP contribution in [0.25, 0.3) is 16.9 Å². The number of carbonyl (C=O) groups is 1. The van der Waals surface area contributed by atoms with Gasteiger partial charge < -0.3 is 15.1 Å². The van der Waals surface area contributed by atoms with Gasteiger partial charge in [-0.1, -0.05) is 42.6 Å². The van der Waals surface area contributed by atoms with E-state index in [1.165, 1.54) is 10.7 Å². The Hall–Kier alpha value is -2.70. The lowest BCUT2D eigenvalue weighted by molar-refractivity contribution is 0.0790. The van der Waals surface area contributed by atoms with Gasteiger partial charge in [0.05, 0.1) is 33.2 Å². The summed E-state index contributed by atoms with van der Waals surface area (Å²) in [6, 6.07) is 9.44. The number of nitrogens with zero attached hydrogens (tertiary/aromatic N) is 3. The molecule has 3 rings (SSSR count). The van der Waals surface area contributed by atoms with E-state index in [0.717, 1.165) is 18.9 Å². The molecule has 0 bridgehead atoms. The van der Waals surface area contributed by atoms with Gasteiger partial charge in [-0.05, 0) is 30.7 Å². The lowest BCUT2D eigenvalue weighted by Gasteiger charge is -2.19. The molecule has 29 heavy (non-hydrogen) atoms. The van der Waals surface area contributed by atoms with Gasteiger partial charge in [0.1, 0.15) is 11.5 Å². The Morgan fingerprint density at radius 2 is 1.93 bits per heavy atom. The number of hydrogen-bond donors (Lipinski definition) is 2. The molecule has 0 aliphatic carbocycles. The van der Waals surface area contributed by atoms with Gasteiger partial charge in [-0.2, -0.15) is 5.10 Å². The van der Waals surface area contributed by atoms with Crippen LogP contribution in [0.2, 0.25) is 10.0 Å². The number of halogens is 2. The number of benzene rings is 2. The van der Waals surface area contributed by atoms with E-state index in [-0.39, 0.29) is 23.0 Å². The molecule has 152 valence electrons.